The molecule has 3 fully saturated rings. The Hall–Kier alpha value is -1.02. The molecule has 0 aliphatic heterocycles. The van der Waals surface area contributed by atoms with Crippen LogP contribution in [0.5, 0.6) is 0 Å². The zero-order chi connectivity index (χ0) is 13.7. The van der Waals surface area contributed by atoms with E-state index in [0.717, 1.165) is 35.3 Å². The topological polar surface area (TPSA) is 29.1 Å². The predicted octanol–water partition coefficient (Wildman–Crippen LogP) is 3.68. The van der Waals surface area contributed by atoms with E-state index in [1.165, 1.54) is 25.7 Å². The lowest BCUT2D eigenvalue weighted by Gasteiger charge is -2.22. The number of hydrogen-bond acceptors (Lipinski definition) is 1. The Morgan fingerprint density at radius 1 is 1.10 bits per heavy atom. The van der Waals surface area contributed by atoms with E-state index in [1.807, 2.05) is 24.3 Å². The maximum atomic E-state index is 12.7. The van der Waals surface area contributed by atoms with Crippen molar-refractivity contribution >= 4 is 17.5 Å². The molecule has 3 aliphatic rings. The maximum Gasteiger partial charge on any atom is 0.230 e. The standard InChI is InChI=1S/C17H20ClNO/c18-14-7-5-13(6-8-14)17(9-10-17)16(20)19-15(11-1-2-11)12-3-4-12/h5-8,11-12,15H,1-4,9-10H2,(H,19,20). The summed E-state index contributed by atoms with van der Waals surface area (Å²) in [6.45, 7) is 0. The van der Waals surface area contributed by atoms with Crippen molar-refractivity contribution in [2.24, 2.45) is 11.8 Å². The van der Waals surface area contributed by atoms with Crippen molar-refractivity contribution in [1.82, 2.24) is 5.32 Å². The van der Waals surface area contributed by atoms with Crippen LogP contribution < -0.4 is 5.32 Å². The van der Waals surface area contributed by atoms with Crippen molar-refractivity contribution in [3.05, 3.63) is 34.9 Å². The highest BCUT2D eigenvalue weighted by Gasteiger charge is 2.53. The number of halogens is 1. The summed E-state index contributed by atoms with van der Waals surface area (Å²) in [5, 5.41) is 4.12. The normalized spacial score (nSPS) is 23.7. The molecule has 0 heterocycles. The highest BCUT2D eigenvalue weighted by atomic mass is 35.5. The molecule has 106 valence electrons. The van der Waals surface area contributed by atoms with Gasteiger partial charge in [0.25, 0.3) is 0 Å². The van der Waals surface area contributed by atoms with E-state index in [0.29, 0.717) is 6.04 Å². The lowest BCUT2D eigenvalue weighted by molar-refractivity contribution is -0.124. The SMILES string of the molecule is O=C(NC(C1CC1)C1CC1)C1(c2ccc(Cl)cc2)CC1. The Kier molecular flexibility index (Phi) is 2.85. The second-order valence-electron chi connectivity index (χ2n) is 6.76. The molecule has 0 atom stereocenters. The third-order valence-corrected chi connectivity index (χ3v) is 5.39. The first kappa shape index (κ1) is 12.7. The molecule has 20 heavy (non-hydrogen) atoms. The molecule has 3 aliphatic carbocycles. The fourth-order valence-electron chi connectivity index (χ4n) is 3.36. The fourth-order valence-corrected chi connectivity index (χ4v) is 3.49. The predicted molar refractivity (Wildman–Crippen MR) is 79.7 cm³/mol. The van der Waals surface area contributed by atoms with Crippen molar-refractivity contribution < 1.29 is 4.79 Å². The molecule has 3 heteroatoms. The summed E-state index contributed by atoms with van der Waals surface area (Å²) >= 11 is 5.95. The van der Waals surface area contributed by atoms with Gasteiger partial charge >= 0.3 is 0 Å². The van der Waals surface area contributed by atoms with Crippen LogP contribution in [0.4, 0.5) is 0 Å². The van der Waals surface area contributed by atoms with Gasteiger partial charge in [-0.3, -0.25) is 4.79 Å². The minimum atomic E-state index is -0.257. The quantitative estimate of drug-likeness (QED) is 0.880. The first-order chi connectivity index (χ1) is 9.69. The zero-order valence-corrected chi connectivity index (χ0v) is 12.3. The van der Waals surface area contributed by atoms with Gasteiger partial charge in [-0.05, 0) is 68.1 Å². The van der Waals surface area contributed by atoms with Gasteiger partial charge in [-0.15, -0.1) is 0 Å². The van der Waals surface area contributed by atoms with Gasteiger partial charge in [0.05, 0.1) is 5.41 Å². The molecule has 1 aromatic rings. The number of amides is 1. The third kappa shape index (κ3) is 2.24. The lowest BCUT2D eigenvalue weighted by atomic mass is 9.94. The highest BCUT2D eigenvalue weighted by molar-refractivity contribution is 6.30. The fraction of sp³-hybridized carbons (Fsp3) is 0.588. The maximum absolute atomic E-state index is 12.7. The van der Waals surface area contributed by atoms with E-state index in [2.05, 4.69) is 5.32 Å². The van der Waals surface area contributed by atoms with Crippen LogP contribution in [-0.4, -0.2) is 11.9 Å². The number of nitrogens with one attached hydrogen (secondary N) is 1. The Balaban J connectivity index is 1.50. The molecule has 0 spiro atoms. The number of benzene rings is 1. The molecule has 1 amide bonds. The van der Waals surface area contributed by atoms with Gasteiger partial charge < -0.3 is 5.32 Å². The molecule has 0 saturated heterocycles. The van der Waals surface area contributed by atoms with Crippen LogP contribution in [0.3, 0.4) is 0 Å². The largest absolute Gasteiger partial charge is 0.352 e. The molecule has 0 aromatic heterocycles. The van der Waals surface area contributed by atoms with Gasteiger partial charge in [-0.25, -0.2) is 0 Å². The summed E-state index contributed by atoms with van der Waals surface area (Å²) in [7, 11) is 0. The van der Waals surface area contributed by atoms with Crippen LogP contribution in [0.15, 0.2) is 24.3 Å². The van der Waals surface area contributed by atoms with E-state index in [4.69, 9.17) is 11.6 Å². The Morgan fingerprint density at radius 2 is 1.65 bits per heavy atom. The summed E-state index contributed by atoms with van der Waals surface area (Å²) in [6, 6.07) is 8.26. The molecule has 2 nitrogen and oxygen atoms in total. The van der Waals surface area contributed by atoms with Crippen molar-refractivity contribution in [3.8, 4) is 0 Å². The first-order valence-electron chi connectivity index (χ1n) is 7.76. The van der Waals surface area contributed by atoms with Crippen LogP contribution >= 0.6 is 11.6 Å². The summed E-state index contributed by atoms with van der Waals surface area (Å²) in [5.41, 5.74) is 0.872. The van der Waals surface area contributed by atoms with Crippen LogP contribution in [0.1, 0.15) is 44.1 Å². The number of carbonyl (C=O) groups is 1. The first-order valence-corrected chi connectivity index (χ1v) is 8.14. The van der Waals surface area contributed by atoms with E-state index in [1.54, 1.807) is 0 Å². The second kappa shape index (κ2) is 4.49. The number of carbonyl (C=O) groups excluding carboxylic acids is 1. The monoisotopic (exact) mass is 289 g/mol. The molecule has 0 unspecified atom stereocenters. The van der Waals surface area contributed by atoms with E-state index < -0.39 is 0 Å². The molecule has 0 radical (unpaired) electrons. The molecule has 1 N–H and O–H groups in total. The van der Waals surface area contributed by atoms with Crippen LogP contribution in [0.2, 0.25) is 5.02 Å². The molecular weight excluding hydrogens is 270 g/mol. The Morgan fingerprint density at radius 3 is 2.10 bits per heavy atom. The van der Waals surface area contributed by atoms with E-state index in [-0.39, 0.29) is 11.3 Å². The average Bonchev–Trinajstić information content (AvgIpc) is 3.27. The smallest absolute Gasteiger partial charge is 0.230 e. The van der Waals surface area contributed by atoms with Gasteiger partial charge in [0, 0.05) is 11.1 Å². The Bertz CT molecular complexity index is 514. The van der Waals surface area contributed by atoms with Crippen molar-refractivity contribution in [2.75, 3.05) is 0 Å². The van der Waals surface area contributed by atoms with Crippen molar-refractivity contribution in [1.29, 1.82) is 0 Å². The molecule has 3 saturated carbocycles. The minimum absolute atomic E-state index is 0.253. The Labute approximate surface area is 124 Å². The molecule has 1 aromatic carbocycles. The van der Waals surface area contributed by atoms with Crippen molar-refractivity contribution in [2.45, 2.75) is 50.0 Å². The highest BCUT2D eigenvalue weighted by Crippen LogP contribution is 2.50. The molecule has 4 rings (SSSR count). The summed E-state index contributed by atoms with van der Waals surface area (Å²) in [6.07, 6.45) is 7.15. The van der Waals surface area contributed by atoms with E-state index in [9.17, 15) is 4.79 Å². The molecule has 0 bridgehead atoms. The van der Waals surface area contributed by atoms with Gasteiger partial charge in [0.15, 0.2) is 0 Å². The third-order valence-electron chi connectivity index (χ3n) is 5.14. The van der Waals surface area contributed by atoms with Crippen LogP contribution in [0, 0.1) is 11.8 Å². The summed E-state index contributed by atoms with van der Waals surface area (Å²) in [5.74, 6) is 1.77. The van der Waals surface area contributed by atoms with Gasteiger partial charge in [0.2, 0.25) is 5.91 Å². The van der Waals surface area contributed by atoms with Crippen molar-refractivity contribution in [3.63, 3.8) is 0 Å². The van der Waals surface area contributed by atoms with Crippen LogP contribution in [-0.2, 0) is 10.2 Å². The van der Waals surface area contributed by atoms with E-state index >= 15 is 0 Å². The zero-order valence-electron chi connectivity index (χ0n) is 11.6. The second-order valence-corrected chi connectivity index (χ2v) is 7.20. The van der Waals surface area contributed by atoms with Gasteiger partial charge in [-0.1, -0.05) is 23.7 Å². The average molecular weight is 290 g/mol. The summed E-state index contributed by atoms with van der Waals surface area (Å²) in [4.78, 5) is 12.7. The summed E-state index contributed by atoms with van der Waals surface area (Å²) < 4.78 is 0. The minimum Gasteiger partial charge on any atom is -0.352 e. The van der Waals surface area contributed by atoms with Gasteiger partial charge in [0.1, 0.15) is 0 Å². The van der Waals surface area contributed by atoms with Gasteiger partial charge in [-0.2, -0.15) is 0 Å². The number of hydrogen-bond donors (Lipinski definition) is 1. The molecular formula is C17H20ClNO. The van der Waals surface area contributed by atoms with Crippen LogP contribution in [0.25, 0.3) is 0 Å². The lowest BCUT2D eigenvalue weighted by Crippen LogP contribution is -2.43. The number of rotatable bonds is 5.